The lowest BCUT2D eigenvalue weighted by atomic mass is 10.1. The Hall–Kier alpha value is -2.28. The molecule has 116 valence electrons. The highest BCUT2D eigenvalue weighted by Crippen LogP contribution is 2.30. The predicted molar refractivity (Wildman–Crippen MR) is 81.4 cm³/mol. The summed E-state index contributed by atoms with van der Waals surface area (Å²) < 4.78 is 1.83. The third-order valence-corrected chi connectivity index (χ3v) is 3.95. The van der Waals surface area contributed by atoms with E-state index in [0.29, 0.717) is 6.54 Å². The minimum absolute atomic E-state index is 0.116. The van der Waals surface area contributed by atoms with Gasteiger partial charge in [0.25, 0.3) is 0 Å². The lowest BCUT2D eigenvalue weighted by Crippen LogP contribution is -2.36. The first kappa shape index (κ1) is 14.6. The van der Waals surface area contributed by atoms with Crippen LogP contribution in [0.2, 0.25) is 0 Å². The molecule has 1 atom stereocenters. The van der Waals surface area contributed by atoms with Gasteiger partial charge >= 0.3 is 0 Å². The fourth-order valence-corrected chi connectivity index (χ4v) is 2.72. The molecule has 0 aromatic carbocycles. The Morgan fingerprint density at radius 3 is 2.95 bits per heavy atom. The molecule has 3 rings (SSSR count). The summed E-state index contributed by atoms with van der Waals surface area (Å²) in [6, 6.07) is 0.153. The molecule has 1 saturated heterocycles. The van der Waals surface area contributed by atoms with Crippen LogP contribution in [0.3, 0.4) is 0 Å². The molecule has 2 aromatic rings. The Morgan fingerprint density at radius 2 is 2.23 bits per heavy atom. The normalized spacial score (nSPS) is 18.5. The van der Waals surface area contributed by atoms with E-state index in [2.05, 4.69) is 14.9 Å². The van der Waals surface area contributed by atoms with Gasteiger partial charge < -0.3 is 4.90 Å². The average molecular weight is 300 g/mol. The van der Waals surface area contributed by atoms with Crippen molar-refractivity contribution in [3.05, 3.63) is 36.8 Å². The summed E-state index contributed by atoms with van der Waals surface area (Å²) in [6.07, 6.45) is 10.8. The van der Waals surface area contributed by atoms with E-state index in [0.717, 1.165) is 30.9 Å². The molecule has 0 radical (unpaired) electrons. The zero-order valence-electron chi connectivity index (χ0n) is 12.9. The van der Waals surface area contributed by atoms with E-state index < -0.39 is 0 Å². The van der Waals surface area contributed by atoms with Gasteiger partial charge in [0, 0.05) is 26.5 Å². The van der Waals surface area contributed by atoms with Gasteiger partial charge in [-0.2, -0.15) is 0 Å². The van der Waals surface area contributed by atoms with Gasteiger partial charge in [-0.3, -0.25) is 19.2 Å². The minimum atomic E-state index is 0.116. The lowest BCUT2D eigenvalue weighted by molar-refractivity contribution is -0.130. The van der Waals surface area contributed by atoms with Gasteiger partial charge in [-0.25, -0.2) is 9.97 Å². The van der Waals surface area contributed by atoms with Crippen molar-refractivity contribution in [3.8, 4) is 5.82 Å². The molecule has 1 fully saturated rings. The fourth-order valence-electron chi connectivity index (χ4n) is 2.72. The van der Waals surface area contributed by atoms with Crippen molar-refractivity contribution in [1.82, 2.24) is 29.3 Å². The fraction of sp³-hybridized carbons (Fsp3) is 0.467. The van der Waals surface area contributed by atoms with Crippen LogP contribution < -0.4 is 0 Å². The van der Waals surface area contributed by atoms with Crippen LogP contribution in [0.4, 0.5) is 0 Å². The van der Waals surface area contributed by atoms with E-state index >= 15 is 0 Å². The largest absolute Gasteiger partial charge is 0.348 e. The molecule has 0 saturated carbocycles. The van der Waals surface area contributed by atoms with Gasteiger partial charge in [0.05, 0.1) is 30.7 Å². The molecule has 1 amide bonds. The van der Waals surface area contributed by atoms with Crippen LogP contribution in [-0.2, 0) is 4.79 Å². The van der Waals surface area contributed by atoms with Gasteiger partial charge in [0.2, 0.25) is 5.91 Å². The maximum atomic E-state index is 12.0. The third-order valence-electron chi connectivity index (χ3n) is 3.95. The quantitative estimate of drug-likeness (QED) is 0.839. The van der Waals surface area contributed by atoms with Crippen LogP contribution in [-0.4, -0.2) is 62.4 Å². The number of hydrogen-bond acceptors (Lipinski definition) is 5. The molecule has 3 heterocycles. The van der Waals surface area contributed by atoms with Crippen molar-refractivity contribution in [3.63, 3.8) is 0 Å². The average Bonchev–Trinajstić information content (AvgIpc) is 3.18. The first-order valence-electron chi connectivity index (χ1n) is 7.39. The number of likely N-dealkylation sites (tertiary alicyclic amines) is 1. The standard InChI is InChI=1S/C15H20N6O/c1-19(2)15(22)10-20-6-3-4-13(20)12-8-17-9-14(18-12)21-7-5-16-11-21/h5,7-9,11,13H,3-4,6,10H2,1-2H3/t13-/m1/s1. The number of amides is 1. The second kappa shape index (κ2) is 6.23. The zero-order valence-corrected chi connectivity index (χ0v) is 12.9. The summed E-state index contributed by atoms with van der Waals surface area (Å²) >= 11 is 0. The van der Waals surface area contributed by atoms with Gasteiger partial charge in [-0.1, -0.05) is 0 Å². The van der Waals surface area contributed by atoms with Crippen LogP contribution in [0.15, 0.2) is 31.1 Å². The number of nitrogens with zero attached hydrogens (tertiary/aromatic N) is 6. The van der Waals surface area contributed by atoms with Gasteiger partial charge in [-0.05, 0) is 19.4 Å². The number of imidazole rings is 1. The summed E-state index contributed by atoms with van der Waals surface area (Å²) in [5.74, 6) is 0.867. The van der Waals surface area contributed by atoms with Crippen molar-refractivity contribution in [2.24, 2.45) is 0 Å². The van der Waals surface area contributed by atoms with E-state index in [-0.39, 0.29) is 11.9 Å². The van der Waals surface area contributed by atoms with Crippen LogP contribution in [0, 0.1) is 0 Å². The van der Waals surface area contributed by atoms with Crippen LogP contribution in [0.25, 0.3) is 5.82 Å². The highest BCUT2D eigenvalue weighted by molar-refractivity contribution is 5.77. The molecule has 0 bridgehead atoms. The minimum Gasteiger partial charge on any atom is -0.348 e. The topological polar surface area (TPSA) is 67.2 Å². The molecule has 7 nitrogen and oxygen atoms in total. The Morgan fingerprint density at radius 1 is 1.36 bits per heavy atom. The van der Waals surface area contributed by atoms with Crippen molar-refractivity contribution in [1.29, 1.82) is 0 Å². The maximum absolute atomic E-state index is 12.0. The Labute approximate surface area is 129 Å². The Balaban J connectivity index is 1.80. The number of likely N-dealkylation sites (N-methyl/N-ethyl adjacent to an activating group) is 1. The van der Waals surface area contributed by atoms with Gasteiger partial charge in [0.15, 0.2) is 5.82 Å². The third kappa shape index (κ3) is 2.99. The lowest BCUT2D eigenvalue weighted by Gasteiger charge is -2.24. The van der Waals surface area contributed by atoms with Crippen LogP contribution >= 0.6 is 0 Å². The molecule has 1 aliphatic heterocycles. The summed E-state index contributed by atoms with van der Waals surface area (Å²) in [7, 11) is 3.57. The van der Waals surface area contributed by atoms with Crippen molar-refractivity contribution in [2.75, 3.05) is 27.2 Å². The van der Waals surface area contributed by atoms with E-state index in [4.69, 9.17) is 4.98 Å². The molecule has 22 heavy (non-hydrogen) atoms. The number of carbonyl (C=O) groups excluding carboxylic acids is 1. The van der Waals surface area contributed by atoms with Crippen LogP contribution in [0.1, 0.15) is 24.6 Å². The number of carbonyl (C=O) groups is 1. The molecular weight excluding hydrogens is 280 g/mol. The second-order valence-electron chi connectivity index (χ2n) is 5.69. The molecule has 0 aliphatic carbocycles. The molecule has 7 heteroatoms. The highest BCUT2D eigenvalue weighted by atomic mass is 16.2. The first-order valence-corrected chi connectivity index (χ1v) is 7.39. The number of rotatable bonds is 4. The smallest absolute Gasteiger partial charge is 0.236 e. The van der Waals surface area contributed by atoms with Crippen molar-refractivity contribution in [2.45, 2.75) is 18.9 Å². The molecule has 0 spiro atoms. The molecular formula is C15H20N6O. The SMILES string of the molecule is CN(C)C(=O)CN1CCC[C@@H]1c1cncc(-n2ccnc2)n1. The summed E-state index contributed by atoms with van der Waals surface area (Å²) in [5.41, 5.74) is 0.912. The molecule has 0 N–H and O–H groups in total. The van der Waals surface area contributed by atoms with Crippen molar-refractivity contribution >= 4 is 5.91 Å². The second-order valence-corrected chi connectivity index (χ2v) is 5.69. The van der Waals surface area contributed by atoms with E-state index in [1.54, 1.807) is 43.9 Å². The molecule has 1 aliphatic rings. The molecule has 0 unspecified atom stereocenters. The Bertz CT molecular complexity index is 639. The first-order chi connectivity index (χ1) is 10.6. The number of aromatic nitrogens is 4. The van der Waals surface area contributed by atoms with Gasteiger partial charge in [0.1, 0.15) is 6.33 Å². The zero-order chi connectivity index (χ0) is 15.5. The van der Waals surface area contributed by atoms with Crippen molar-refractivity contribution < 1.29 is 4.79 Å². The summed E-state index contributed by atoms with van der Waals surface area (Å²) in [6.45, 7) is 1.34. The maximum Gasteiger partial charge on any atom is 0.236 e. The van der Waals surface area contributed by atoms with E-state index in [1.165, 1.54) is 0 Å². The summed E-state index contributed by atoms with van der Waals surface area (Å²) in [5, 5.41) is 0. The molecule has 2 aromatic heterocycles. The summed E-state index contributed by atoms with van der Waals surface area (Å²) in [4.78, 5) is 28.8. The number of hydrogen-bond donors (Lipinski definition) is 0. The van der Waals surface area contributed by atoms with E-state index in [9.17, 15) is 4.79 Å². The van der Waals surface area contributed by atoms with E-state index in [1.807, 2.05) is 10.8 Å². The van der Waals surface area contributed by atoms with Crippen LogP contribution in [0.5, 0.6) is 0 Å². The highest BCUT2D eigenvalue weighted by Gasteiger charge is 2.29. The monoisotopic (exact) mass is 300 g/mol. The Kier molecular flexibility index (Phi) is 4.15. The predicted octanol–water partition coefficient (Wildman–Crippen LogP) is 0.887. The van der Waals surface area contributed by atoms with Gasteiger partial charge in [-0.15, -0.1) is 0 Å².